The number of fused-ring (bicyclic) bond motifs is 2. The SMILES string of the molecule is COC1c2ccccc2N(C(C)=O)c2ccccc2C1Br. The summed E-state index contributed by atoms with van der Waals surface area (Å²) < 4.78 is 5.71. The first-order chi connectivity index (χ1) is 10.1. The third kappa shape index (κ3) is 2.28. The number of amides is 1. The van der Waals surface area contributed by atoms with Crippen molar-refractivity contribution in [1.82, 2.24) is 0 Å². The molecule has 0 saturated heterocycles. The fourth-order valence-electron chi connectivity index (χ4n) is 2.89. The van der Waals surface area contributed by atoms with Gasteiger partial charge in [0.1, 0.15) is 6.10 Å². The zero-order valence-electron chi connectivity index (χ0n) is 11.9. The van der Waals surface area contributed by atoms with Crippen LogP contribution in [0.15, 0.2) is 48.5 Å². The molecule has 0 radical (unpaired) electrons. The maximum absolute atomic E-state index is 12.2. The molecule has 0 saturated carbocycles. The molecule has 0 spiro atoms. The average Bonchev–Trinajstić information content (AvgIpc) is 2.59. The molecule has 2 aromatic carbocycles. The van der Waals surface area contributed by atoms with E-state index in [1.807, 2.05) is 48.5 Å². The van der Waals surface area contributed by atoms with Gasteiger partial charge in [-0.15, -0.1) is 0 Å². The van der Waals surface area contributed by atoms with Crippen LogP contribution in [0.2, 0.25) is 0 Å². The highest BCUT2D eigenvalue weighted by Crippen LogP contribution is 2.49. The summed E-state index contributed by atoms with van der Waals surface area (Å²) in [7, 11) is 1.70. The van der Waals surface area contributed by atoms with Crippen molar-refractivity contribution in [1.29, 1.82) is 0 Å². The highest BCUT2D eigenvalue weighted by Gasteiger charge is 2.34. The largest absolute Gasteiger partial charge is 0.375 e. The van der Waals surface area contributed by atoms with Crippen LogP contribution in [0, 0.1) is 0 Å². The van der Waals surface area contributed by atoms with Crippen molar-refractivity contribution in [2.75, 3.05) is 12.0 Å². The zero-order chi connectivity index (χ0) is 15.0. The van der Waals surface area contributed by atoms with Crippen molar-refractivity contribution in [3.63, 3.8) is 0 Å². The van der Waals surface area contributed by atoms with Gasteiger partial charge >= 0.3 is 0 Å². The molecule has 1 aliphatic heterocycles. The fourth-order valence-corrected chi connectivity index (χ4v) is 3.78. The van der Waals surface area contributed by atoms with Crippen LogP contribution in [0.3, 0.4) is 0 Å². The number of ether oxygens (including phenoxy) is 1. The Morgan fingerprint density at radius 3 is 2.14 bits per heavy atom. The van der Waals surface area contributed by atoms with Crippen LogP contribution in [-0.2, 0) is 9.53 Å². The van der Waals surface area contributed by atoms with E-state index in [1.165, 1.54) is 0 Å². The van der Waals surface area contributed by atoms with Crippen molar-refractivity contribution in [3.05, 3.63) is 59.7 Å². The maximum atomic E-state index is 12.2. The molecule has 0 aromatic heterocycles. The van der Waals surface area contributed by atoms with Crippen molar-refractivity contribution >= 4 is 33.2 Å². The normalized spacial score (nSPS) is 20.4. The molecule has 3 nitrogen and oxygen atoms in total. The second kappa shape index (κ2) is 5.62. The molecular formula is C17H16BrNO2. The monoisotopic (exact) mass is 345 g/mol. The van der Waals surface area contributed by atoms with Gasteiger partial charge in [0.2, 0.25) is 5.91 Å². The Labute approximate surface area is 132 Å². The van der Waals surface area contributed by atoms with Crippen LogP contribution >= 0.6 is 15.9 Å². The van der Waals surface area contributed by atoms with Gasteiger partial charge in [-0.2, -0.15) is 0 Å². The Kier molecular flexibility index (Phi) is 3.83. The van der Waals surface area contributed by atoms with Gasteiger partial charge in [-0.25, -0.2) is 0 Å². The summed E-state index contributed by atoms with van der Waals surface area (Å²) in [5.41, 5.74) is 3.84. The minimum Gasteiger partial charge on any atom is -0.375 e. The van der Waals surface area contributed by atoms with E-state index >= 15 is 0 Å². The molecule has 0 bridgehead atoms. The molecule has 2 unspecified atom stereocenters. The summed E-state index contributed by atoms with van der Waals surface area (Å²) in [6.07, 6.45) is -0.147. The first-order valence-electron chi connectivity index (χ1n) is 6.80. The molecule has 1 heterocycles. The summed E-state index contributed by atoms with van der Waals surface area (Å²) in [5.74, 6) is -0.00801. The van der Waals surface area contributed by atoms with Gasteiger partial charge in [-0.05, 0) is 17.7 Å². The van der Waals surface area contributed by atoms with Crippen molar-refractivity contribution in [3.8, 4) is 0 Å². The van der Waals surface area contributed by atoms with Crippen LogP contribution in [0.1, 0.15) is 29.0 Å². The molecule has 1 amide bonds. The summed E-state index contributed by atoms with van der Waals surface area (Å²) in [6.45, 7) is 1.59. The summed E-state index contributed by atoms with van der Waals surface area (Å²) in [6, 6.07) is 15.8. The predicted molar refractivity (Wildman–Crippen MR) is 87.1 cm³/mol. The molecular weight excluding hydrogens is 330 g/mol. The van der Waals surface area contributed by atoms with Crippen LogP contribution in [0.25, 0.3) is 0 Å². The Morgan fingerprint density at radius 1 is 1.05 bits per heavy atom. The second-order valence-corrected chi connectivity index (χ2v) is 6.02. The fraction of sp³-hybridized carbons (Fsp3) is 0.235. The molecule has 2 aromatic rings. The zero-order valence-corrected chi connectivity index (χ0v) is 13.5. The first-order valence-corrected chi connectivity index (χ1v) is 7.72. The lowest BCUT2D eigenvalue weighted by atomic mass is 10.0. The number of para-hydroxylation sites is 2. The third-order valence-electron chi connectivity index (χ3n) is 3.79. The molecule has 2 atom stereocenters. The highest BCUT2D eigenvalue weighted by atomic mass is 79.9. The van der Waals surface area contributed by atoms with Crippen LogP contribution in [0.5, 0.6) is 0 Å². The van der Waals surface area contributed by atoms with E-state index in [2.05, 4.69) is 15.9 Å². The minimum absolute atomic E-state index is 0.00801. The summed E-state index contributed by atoms with van der Waals surface area (Å²) >= 11 is 3.75. The molecule has 1 aliphatic rings. The van der Waals surface area contributed by atoms with Gasteiger partial charge < -0.3 is 4.74 Å². The maximum Gasteiger partial charge on any atom is 0.228 e. The lowest BCUT2D eigenvalue weighted by Crippen LogP contribution is -2.23. The van der Waals surface area contributed by atoms with Gasteiger partial charge in [0.15, 0.2) is 0 Å². The lowest BCUT2D eigenvalue weighted by Gasteiger charge is -2.23. The molecule has 3 rings (SSSR count). The van der Waals surface area contributed by atoms with Gasteiger partial charge in [0, 0.05) is 19.6 Å². The van der Waals surface area contributed by atoms with E-state index in [0.29, 0.717) is 0 Å². The number of methoxy groups -OCH3 is 1. The minimum atomic E-state index is -0.147. The quantitative estimate of drug-likeness (QED) is 0.711. The molecule has 0 fully saturated rings. The molecule has 0 aliphatic carbocycles. The van der Waals surface area contributed by atoms with Gasteiger partial charge in [-0.3, -0.25) is 9.69 Å². The Hall–Kier alpha value is -1.65. The molecule has 21 heavy (non-hydrogen) atoms. The van der Waals surface area contributed by atoms with Crippen LogP contribution in [0.4, 0.5) is 11.4 Å². The first kappa shape index (κ1) is 14.3. The summed E-state index contributed by atoms with van der Waals surface area (Å²) in [5, 5.41) is 0. The van der Waals surface area contributed by atoms with Gasteiger partial charge in [-0.1, -0.05) is 52.3 Å². The van der Waals surface area contributed by atoms with E-state index < -0.39 is 0 Å². The number of hydrogen-bond donors (Lipinski definition) is 0. The van der Waals surface area contributed by atoms with Crippen molar-refractivity contribution in [2.45, 2.75) is 17.9 Å². The lowest BCUT2D eigenvalue weighted by molar-refractivity contribution is -0.115. The second-order valence-electron chi connectivity index (χ2n) is 5.03. The number of rotatable bonds is 1. The van der Waals surface area contributed by atoms with Crippen molar-refractivity contribution < 1.29 is 9.53 Å². The number of nitrogens with zero attached hydrogens (tertiary/aromatic N) is 1. The van der Waals surface area contributed by atoms with Crippen LogP contribution < -0.4 is 4.90 Å². The average molecular weight is 346 g/mol. The number of alkyl halides is 1. The number of hydrogen-bond acceptors (Lipinski definition) is 2. The smallest absolute Gasteiger partial charge is 0.228 e. The highest BCUT2D eigenvalue weighted by molar-refractivity contribution is 9.09. The van der Waals surface area contributed by atoms with Crippen molar-refractivity contribution in [2.24, 2.45) is 0 Å². The standard InChI is InChI=1S/C17H16BrNO2/c1-11(20)19-14-9-5-3-7-12(14)16(18)17(21-2)13-8-4-6-10-15(13)19/h3-10,16-17H,1-2H3. The number of benzene rings is 2. The number of carbonyl (C=O) groups excluding carboxylic acids is 1. The van der Waals surface area contributed by atoms with Gasteiger partial charge in [0.25, 0.3) is 0 Å². The van der Waals surface area contributed by atoms with E-state index in [9.17, 15) is 4.79 Å². The topological polar surface area (TPSA) is 29.5 Å². The van der Waals surface area contributed by atoms with Gasteiger partial charge in [0.05, 0.1) is 16.2 Å². The third-order valence-corrected chi connectivity index (χ3v) is 4.77. The van der Waals surface area contributed by atoms with Crippen LogP contribution in [-0.4, -0.2) is 13.0 Å². The van der Waals surface area contributed by atoms with E-state index in [4.69, 9.17) is 4.74 Å². The Balaban J connectivity index is 2.33. The number of halogens is 1. The summed E-state index contributed by atoms with van der Waals surface area (Å²) in [4.78, 5) is 14.0. The number of carbonyl (C=O) groups is 1. The number of anilines is 2. The molecule has 108 valence electrons. The Morgan fingerprint density at radius 2 is 1.57 bits per heavy atom. The van der Waals surface area contributed by atoms with E-state index in [0.717, 1.165) is 22.5 Å². The molecule has 4 heteroatoms. The van der Waals surface area contributed by atoms with E-state index in [-0.39, 0.29) is 16.8 Å². The molecule has 0 N–H and O–H groups in total. The van der Waals surface area contributed by atoms with E-state index in [1.54, 1.807) is 18.9 Å². The Bertz CT molecular complexity index is 686. The predicted octanol–water partition coefficient (Wildman–Crippen LogP) is 4.51.